The Kier molecular flexibility index (Phi) is 6.04. The first-order valence-corrected chi connectivity index (χ1v) is 9.01. The Hall–Kier alpha value is -2.21. The average molecular weight is 371 g/mol. The van der Waals surface area contributed by atoms with Crippen molar-refractivity contribution < 1.29 is 5.11 Å². The van der Waals surface area contributed by atoms with Crippen LogP contribution in [0.3, 0.4) is 0 Å². The van der Waals surface area contributed by atoms with Crippen LogP contribution in [0.5, 0.6) is 0 Å². The van der Waals surface area contributed by atoms with Crippen LogP contribution >= 0.6 is 11.6 Å². The Morgan fingerprint density at radius 3 is 2.46 bits per heavy atom. The Bertz CT molecular complexity index is 833. The van der Waals surface area contributed by atoms with E-state index in [0.29, 0.717) is 12.4 Å². The molecule has 1 atom stereocenters. The molecule has 0 saturated carbocycles. The molecule has 1 aromatic heterocycles. The van der Waals surface area contributed by atoms with Crippen LogP contribution in [-0.2, 0) is 6.42 Å². The quantitative estimate of drug-likeness (QED) is 0.692. The minimum atomic E-state index is -0.716. The molecular weight excluding hydrogens is 348 g/mol. The lowest BCUT2D eigenvalue weighted by atomic mass is 10.1. The Morgan fingerprint density at radius 2 is 1.77 bits per heavy atom. The van der Waals surface area contributed by atoms with E-state index in [-0.39, 0.29) is 0 Å². The molecule has 0 spiro atoms. The van der Waals surface area contributed by atoms with Gasteiger partial charge in [0, 0.05) is 23.8 Å². The molecule has 0 radical (unpaired) electrons. The second-order valence-corrected chi connectivity index (χ2v) is 6.87. The molecule has 0 fully saturated rings. The molecule has 1 heterocycles. The number of aliphatic hydroxyl groups excluding tert-OH is 1. The van der Waals surface area contributed by atoms with Crippen molar-refractivity contribution in [3.63, 3.8) is 0 Å². The van der Waals surface area contributed by atoms with Crippen molar-refractivity contribution in [1.82, 2.24) is 19.7 Å². The molecule has 3 aromatic rings. The second kappa shape index (κ2) is 8.45. The van der Waals surface area contributed by atoms with Gasteiger partial charge in [-0.05, 0) is 50.2 Å². The van der Waals surface area contributed by atoms with Crippen molar-refractivity contribution >= 4 is 11.6 Å². The summed E-state index contributed by atoms with van der Waals surface area (Å²) in [5.74, 6) is 1.32. The maximum absolute atomic E-state index is 10.7. The number of nitrogens with zero attached hydrogens (tertiary/aromatic N) is 4. The van der Waals surface area contributed by atoms with E-state index in [1.807, 2.05) is 73.1 Å². The largest absolute Gasteiger partial charge is 0.384 e. The molecule has 0 saturated heterocycles. The van der Waals surface area contributed by atoms with Crippen LogP contribution in [0.4, 0.5) is 0 Å². The zero-order valence-corrected chi connectivity index (χ0v) is 15.8. The monoisotopic (exact) mass is 370 g/mol. The lowest BCUT2D eigenvalue weighted by molar-refractivity contribution is 0.118. The third-order valence-corrected chi connectivity index (χ3v) is 4.59. The molecule has 6 heteroatoms. The number of benzene rings is 2. The van der Waals surface area contributed by atoms with Crippen molar-refractivity contribution in [3.8, 4) is 5.69 Å². The summed E-state index contributed by atoms with van der Waals surface area (Å²) in [6, 6.07) is 17.7. The normalized spacial score (nSPS) is 12.5. The van der Waals surface area contributed by atoms with Crippen LogP contribution in [0.15, 0.2) is 54.6 Å². The highest BCUT2D eigenvalue weighted by molar-refractivity contribution is 6.30. The van der Waals surface area contributed by atoms with Gasteiger partial charge in [-0.1, -0.05) is 41.9 Å². The molecule has 0 amide bonds. The Balaban J connectivity index is 1.64. The van der Waals surface area contributed by atoms with E-state index in [4.69, 9.17) is 11.6 Å². The Morgan fingerprint density at radius 1 is 1.08 bits per heavy atom. The summed E-state index contributed by atoms with van der Waals surface area (Å²) in [6.07, 6.45) is 0.178. The number of halogens is 1. The third kappa shape index (κ3) is 4.49. The predicted molar refractivity (Wildman–Crippen MR) is 104 cm³/mol. The third-order valence-electron chi connectivity index (χ3n) is 4.34. The van der Waals surface area contributed by atoms with E-state index in [2.05, 4.69) is 15.1 Å². The van der Waals surface area contributed by atoms with E-state index < -0.39 is 6.10 Å². The summed E-state index contributed by atoms with van der Waals surface area (Å²) in [5.41, 5.74) is 2.17. The van der Waals surface area contributed by atoms with Crippen molar-refractivity contribution in [2.45, 2.75) is 19.4 Å². The van der Waals surface area contributed by atoms with Gasteiger partial charge in [0.15, 0.2) is 5.82 Å². The van der Waals surface area contributed by atoms with Crippen molar-refractivity contribution in [2.24, 2.45) is 0 Å². The lowest BCUT2D eigenvalue weighted by Gasteiger charge is -2.21. The maximum atomic E-state index is 10.7. The number of aromatic nitrogens is 3. The highest BCUT2D eigenvalue weighted by Crippen LogP contribution is 2.19. The van der Waals surface area contributed by atoms with Gasteiger partial charge in [-0.3, -0.25) is 4.57 Å². The molecule has 0 aliphatic heterocycles. The fourth-order valence-electron chi connectivity index (χ4n) is 2.93. The van der Waals surface area contributed by atoms with Gasteiger partial charge in [0.25, 0.3) is 0 Å². The molecule has 0 bridgehead atoms. The first-order chi connectivity index (χ1) is 12.5. The number of para-hydroxylation sites is 1. The van der Waals surface area contributed by atoms with Gasteiger partial charge in [0.05, 0.1) is 0 Å². The van der Waals surface area contributed by atoms with Crippen molar-refractivity contribution in [1.29, 1.82) is 0 Å². The maximum Gasteiger partial charge on any atom is 0.167 e. The highest BCUT2D eigenvalue weighted by atomic mass is 35.5. The minimum absolute atomic E-state index is 0.485. The highest BCUT2D eigenvalue weighted by Gasteiger charge is 2.20. The van der Waals surface area contributed by atoms with E-state index in [1.54, 1.807) is 0 Å². The zero-order valence-electron chi connectivity index (χ0n) is 15.0. The number of hydrogen-bond acceptors (Lipinski definition) is 4. The fourth-order valence-corrected chi connectivity index (χ4v) is 3.06. The van der Waals surface area contributed by atoms with Crippen LogP contribution in [-0.4, -0.2) is 44.9 Å². The smallest absolute Gasteiger partial charge is 0.167 e. The second-order valence-electron chi connectivity index (χ2n) is 6.43. The number of aryl methyl sites for hydroxylation is 1. The summed E-state index contributed by atoms with van der Waals surface area (Å²) >= 11 is 5.92. The number of aliphatic hydroxyl groups is 1. The number of hydrogen-bond donors (Lipinski definition) is 1. The molecule has 136 valence electrons. The number of rotatable bonds is 7. The fraction of sp³-hybridized carbons (Fsp3) is 0.300. The molecule has 5 nitrogen and oxygen atoms in total. The molecule has 1 N–H and O–H groups in total. The zero-order chi connectivity index (χ0) is 18.5. The average Bonchev–Trinajstić information content (AvgIpc) is 3.03. The minimum Gasteiger partial charge on any atom is -0.384 e. The van der Waals surface area contributed by atoms with Crippen molar-refractivity contribution in [2.75, 3.05) is 20.1 Å². The molecule has 3 rings (SSSR count). The van der Waals surface area contributed by atoms with Gasteiger partial charge in [0.2, 0.25) is 0 Å². The van der Waals surface area contributed by atoms with Crippen molar-refractivity contribution in [3.05, 3.63) is 76.8 Å². The first-order valence-electron chi connectivity index (χ1n) is 8.63. The molecule has 1 unspecified atom stereocenters. The van der Waals surface area contributed by atoms with Crippen LogP contribution in [0, 0.1) is 6.92 Å². The van der Waals surface area contributed by atoms with Gasteiger partial charge in [0.1, 0.15) is 11.9 Å². The summed E-state index contributed by atoms with van der Waals surface area (Å²) in [7, 11) is 2.00. The topological polar surface area (TPSA) is 54.2 Å². The van der Waals surface area contributed by atoms with Gasteiger partial charge in [-0.25, -0.2) is 0 Å². The standard InChI is InChI=1S/C20H23ClN4O/c1-15-22-23-20(25(15)18-6-4-3-5-7-18)19(26)14-24(2)13-12-16-8-10-17(21)11-9-16/h3-11,19,26H,12-14H2,1-2H3. The van der Waals surface area contributed by atoms with Gasteiger partial charge < -0.3 is 10.0 Å². The molecule has 0 aliphatic rings. The van der Waals surface area contributed by atoms with Crippen LogP contribution < -0.4 is 0 Å². The van der Waals surface area contributed by atoms with Gasteiger partial charge in [-0.15, -0.1) is 10.2 Å². The van der Waals surface area contributed by atoms with Crippen LogP contribution in [0.2, 0.25) is 5.02 Å². The van der Waals surface area contributed by atoms with E-state index in [1.165, 1.54) is 5.56 Å². The summed E-state index contributed by atoms with van der Waals surface area (Å²) in [6.45, 7) is 3.20. The van der Waals surface area contributed by atoms with E-state index in [9.17, 15) is 5.11 Å². The van der Waals surface area contributed by atoms with Gasteiger partial charge in [-0.2, -0.15) is 0 Å². The molecule has 0 aliphatic carbocycles. The lowest BCUT2D eigenvalue weighted by Crippen LogP contribution is -2.28. The summed E-state index contributed by atoms with van der Waals surface area (Å²) in [5, 5.41) is 19.8. The van der Waals surface area contributed by atoms with E-state index >= 15 is 0 Å². The summed E-state index contributed by atoms with van der Waals surface area (Å²) < 4.78 is 1.90. The molecule has 2 aromatic carbocycles. The Labute approximate surface area is 158 Å². The van der Waals surface area contributed by atoms with Crippen LogP contribution in [0.25, 0.3) is 5.69 Å². The van der Waals surface area contributed by atoms with E-state index in [0.717, 1.165) is 29.5 Å². The van der Waals surface area contributed by atoms with Gasteiger partial charge >= 0.3 is 0 Å². The number of likely N-dealkylation sites (N-methyl/N-ethyl adjacent to an activating group) is 1. The first kappa shape index (κ1) is 18.6. The summed E-state index contributed by atoms with van der Waals surface area (Å²) in [4.78, 5) is 2.10. The molecular formula is C20H23ClN4O. The SMILES string of the molecule is Cc1nnc(C(O)CN(C)CCc2ccc(Cl)cc2)n1-c1ccccc1. The predicted octanol–water partition coefficient (Wildman–Crippen LogP) is 3.44. The molecule has 26 heavy (non-hydrogen) atoms. The van der Waals surface area contributed by atoms with Crippen LogP contribution in [0.1, 0.15) is 23.3 Å².